The second-order valence-electron chi connectivity index (χ2n) is 6.09. The molecule has 2 atom stereocenters. The minimum absolute atomic E-state index is 0.0262. The molecule has 0 saturated carbocycles. The number of anilines is 1. The van der Waals surface area contributed by atoms with Crippen LogP contribution < -0.4 is 5.32 Å². The number of aryl methyl sites for hydroxylation is 1. The largest absolute Gasteiger partial charge is 0.369 e. The van der Waals surface area contributed by atoms with E-state index >= 15 is 0 Å². The van der Waals surface area contributed by atoms with Crippen LogP contribution in [0, 0.1) is 17.2 Å². The summed E-state index contributed by atoms with van der Waals surface area (Å²) in [6.07, 6.45) is 6.76. The van der Waals surface area contributed by atoms with Crippen molar-refractivity contribution in [2.24, 2.45) is 13.0 Å². The molecule has 0 spiro atoms. The molecule has 1 fully saturated rings. The Morgan fingerprint density at radius 1 is 1.46 bits per heavy atom. The second-order valence-corrected chi connectivity index (χ2v) is 6.09. The SMILES string of the molecule is CN1C(=O)CC[C@H](CNc2ncccc2C#N)[C@H]1c1cnn(C)c1. The predicted octanol–water partition coefficient (Wildman–Crippen LogP) is 1.71. The van der Waals surface area contributed by atoms with Crippen LogP contribution >= 0.6 is 0 Å². The number of likely N-dealkylation sites (tertiary alicyclic amines) is 1. The van der Waals surface area contributed by atoms with Gasteiger partial charge >= 0.3 is 0 Å². The third-order valence-corrected chi connectivity index (χ3v) is 4.51. The van der Waals surface area contributed by atoms with Gasteiger partial charge in [0.2, 0.25) is 5.91 Å². The number of pyridine rings is 1. The second kappa shape index (κ2) is 6.71. The normalized spacial score (nSPS) is 20.7. The fourth-order valence-corrected chi connectivity index (χ4v) is 3.28. The van der Waals surface area contributed by atoms with Crippen LogP contribution in [0.2, 0.25) is 0 Å². The fraction of sp³-hybridized carbons (Fsp3) is 0.412. The van der Waals surface area contributed by atoms with Crippen LogP contribution in [-0.2, 0) is 11.8 Å². The van der Waals surface area contributed by atoms with Crippen LogP contribution in [-0.4, -0.2) is 39.2 Å². The van der Waals surface area contributed by atoms with Gasteiger partial charge in [0.25, 0.3) is 0 Å². The molecule has 7 nitrogen and oxygen atoms in total. The molecule has 1 amide bonds. The third-order valence-electron chi connectivity index (χ3n) is 4.51. The van der Waals surface area contributed by atoms with E-state index < -0.39 is 0 Å². The zero-order valence-electron chi connectivity index (χ0n) is 13.8. The van der Waals surface area contributed by atoms with Crippen molar-refractivity contribution in [2.75, 3.05) is 18.9 Å². The van der Waals surface area contributed by atoms with Crippen LogP contribution in [0.1, 0.15) is 30.0 Å². The Labute approximate surface area is 140 Å². The van der Waals surface area contributed by atoms with E-state index in [2.05, 4.69) is 21.5 Å². The Bertz CT molecular complexity index is 777. The van der Waals surface area contributed by atoms with Gasteiger partial charge in [-0.15, -0.1) is 0 Å². The minimum Gasteiger partial charge on any atom is -0.369 e. The van der Waals surface area contributed by atoms with E-state index in [1.54, 1.807) is 27.9 Å². The molecule has 0 aromatic carbocycles. The number of hydrogen-bond donors (Lipinski definition) is 1. The summed E-state index contributed by atoms with van der Waals surface area (Å²) in [6.45, 7) is 0.642. The van der Waals surface area contributed by atoms with Crippen molar-refractivity contribution in [1.82, 2.24) is 19.7 Å². The molecule has 3 rings (SSSR count). The molecule has 1 saturated heterocycles. The highest BCUT2D eigenvalue weighted by atomic mass is 16.2. The lowest BCUT2D eigenvalue weighted by Gasteiger charge is -2.38. The maximum absolute atomic E-state index is 12.1. The lowest BCUT2D eigenvalue weighted by molar-refractivity contribution is -0.136. The lowest BCUT2D eigenvalue weighted by atomic mass is 9.85. The number of carbonyl (C=O) groups is 1. The number of aromatic nitrogens is 3. The molecule has 24 heavy (non-hydrogen) atoms. The van der Waals surface area contributed by atoms with Gasteiger partial charge in [0.1, 0.15) is 11.9 Å². The summed E-state index contributed by atoms with van der Waals surface area (Å²) >= 11 is 0. The van der Waals surface area contributed by atoms with Gasteiger partial charge in [-0.2, -0.15) is 10.4 Å². The molecule has 0 aliphatic carbocycles. The number of rotatable bonds is 4. The standard InChI is InChI=1S/C17H20N6O/c1-22-11-14(10-21-22)16-13(5-6-15(24)23(16)2)9-20-17-12(8-18)4-3-7-19-17/h3-4,7,10-11,13,16H,5-6,9H2,1-2H3,(H,19,20)/t13-,16+/m1/s1. The average molecular weight is 324 g/mol. The highest BCUT2D eigenvalue weighted by Gasteiger charge is 2.35. The van der Waals surface area contributed by atoms with Gasteiger partial charge in [0.05, 0.1) is 17.8 Å². The van der Waals surface area contributed by atoms with Crippen molar-refractivity contribution in [2.45, 2.75) is 18.9 Å². The molecule has 1 N–H and O–H groups in total. The summed E-state index contributed by atoms with van der Waals surface area (Å²) in [7, 11) is 3.71. The first kappa shape index (κ1) is 16.0. The first-order valence-corrected chi connectivity index (χ1v) is 7.93. The highest BCUT2D eigenvalue weighted by molar-refractivity contribution is 5.77. The van der Waals surface area contributed by atoms with E-state index in [0.717, 1.165) is 12.0 Å². The molecule has 1 aliphatic rings. The van der Waals surface area contributed by atoms with Crippen molar-refractivity contribution in [1.29, 1.82) is 5.26 Å². The summed E-state index contributed by atoms with van der Waals surface area (Å²) in [5.74, 6) is 0.964. The third kappa shape index (κ3) is 3.08. The number of nitrogens with zero attached hydrogens (tertiary/aromatic N) is 5. The van der Waals surface area contributed by atoms with Crippen LogP contribution in [0.3, 0.4) is 0 Å². The van der Waals surface area contributed by atoms with Gasteiger partial charge in [-0.05, 0) is 18.6 Å². The van der Waals surface area contributed by atoms with E-state index in [4.69, 9.17) is 0 Å². The van der Waals surface area contributed by atoms with E-state index in [1.165, 1.54) is 0 Å². The molecule has 0 bridgehead atoms. The zero-order valence-corrected chi connectivity index (χ0v) is 13.8. The zero-order chi connectivity index (χ0) is 17.1. The van der Waals surface area contributed by atoms with Crippen LogP contribution in [0.4, 0.5) is 5.82 Å². The van der Waals surface area contributed by atoms with E-state index in [1.807, 2.05) is 26.5 Å². The Hall–Kier alpha value is -2.88. The Morgan fingerprint density at radius 3 is 3.00 bits per heavy atom. The van der Waals surface area contributed by atoms with E-state index in [0.29, 0.717) is 24.3 Å². The Kier molecular flexibility index (Phi) is 4.47. The first-order chi connectivity index (χ1) is 11.6. The molecule has 3 heterocycles. The molecule has 2 aromatic heterocycles. The van der Waals surface area contributed by atoms with Crippen molar-refractivity contribution < 1.29 is 4.79 Å². The Balaban J connectivity index is 1.80. The summed E-state index contributed by atoms with van der Waals surface area (Å²) in [4.78, 5) is 18.2. The van der Waals surface area contributed by atoms with Crippen molar-refractivity contribution >= 4 is 11.7 Å². The number of nitriles is 1. The molecule has 124 valence electrons. The molecule has 7 heteroatoms. The van der Waals surface area contributed by atoms with Gasteiger partial charge < -0.3 is 10.2 Å². The van der Waals surface area contributed by atoms with E-state index in [-0.39, 0.29) is 17.9 Å². The molecule has 0 unspecified atom stereocenters. The van der Waals surface area contributed by atoms with Crippen LogP contribution in [0.5, 0.6) is 0 Å². The summed E-state index contributed by atoms with van der Waals surface area (Å²) in [5, 5.41) is 16.7. The summed E-state index contributed by atoms with van der Waals surface area (Å²) in [5.41, 5.74) is 1.55. The average Bonchev–Trinajstić information content (AvgIpc) is 3.02. The van der Waals surface area contributed by atoms with Gasteiger partial charge in [-0.3, -0.25) is 9.48 Å². The molecule has 0 radical (unpaired) electrons. The van der Waals surface area contributed by atoms with Gasteiger partial charge in [0, 0.05) is 50.9 Å². The lowest BCUT2D eigenvalue weighted by Crippen LogP contribution is -2.42. The minimum atomic E-state index is -0.0262. The van der Waals surface area contributed by atoms with Crippen LogP contribution in [0.25, 0.3) is 0 Å². The van der Waals surface area contributed by atoms with Crippen molar-refractivity contribution in [3.8, 4) is 6.07 Å². The van der Waals surface area contributed by atoms with Gasteiger partial charge in [-0.1, -0.05) is 0 Å². The highest BCUT2D eigenvalue weighted by Crippen LogP contribution is 2.35. The maximum Gasteiger partial charge on any atom is 0.222 e. The maximum atomic E-state index is 12.1. The topological polar surface area (TPSA) is 86.8 Å². The first-order valence-electron chi connectivity index (χ1n) is 7.93. The fourth-order valence-electron chi connectivity index (χ4n) is 3.28. The van der Waals surface area contributed by atoms with Crippen LogP contribution in [0.15, 0.2) is 30.7 Å². The predicted molar refractivity (Wildman–Crippen MR) is 88.9 cm³/mol. The number of carbonyl (C=O) groups excluding carboxylic acids is 1. The van der Waals surface area contributed by atoms with Gasteiger partial charge in [0.15, 0.2) is 0 Å². The summed E-state index contributed by atoms with van der Waals surface area (Å²) in [6, 6.07) is 5.60. The van der Waals surface area contributed by atoms with Gasteiger partial charge in [-0.25, -0.2) is 4.98 Å². The quantitative estimate of drug-likeness (QED) is 0.925. The monoisotopic (exact) mass is 324 g/mol. The van der Waals surface area contributed by atoms with Crippen molar-refractivity contribution in [3.05, 3.63) is 41.9 Å². The number of nitrogens with one attached hydrogen (secondary N) is 1. The molecular weight excluding hydrogens is 304 g/mol. The molecule has 2 aromatic rings. The Morgan fingerprint density at radius 2 is 2.29 bits per heavy atom. The number of piperidine rings is 1. The molecular formula is C17H20N6O. The number of hydrogen-bond acceptors (Lipinski definition) is 5. The number of amides is 1. The molecule has 1 aliphatic heterocycles. The summed E-state index contributed by atoms with van der Waals surface area (Å²) < 4.78 is 1.75. The smallest absolute Gasteiger partial charge is 0.222 e. The van der Waals surface area contributed by atoms with Crippen molar-refractivity contribution in [3.63, 3.8) is 0 Å². The van der Waals surface area contributed by atoms with E-state index in [9.17, 15) is 10.1 Å².